The number of halogens is 3. The third-order valence-corrected chi connectivity index (χ3v) is 5.10. The van der Waals surface area contributed by atoms with Gasteiger partial charge in [-0.05, 0) is 31.9 Å². The van der Waals surface area contributed by atoms with Crippen molar-refractivity contribution in [2.75, 3.05) is 11.1 Å². The summed E-state index contributed by atoms with van der Waals surface area (Å²) in [4.78, 5) is 22.3. The molecule has 8 nitrogen and oxygen atoms in total. The molecule has 0 bridgehead atoms. The molecule has 0 saturated heterocycles. The molecule has 150 valence electrons. The Labute approximate surface area is 161 Å². The molecule has 28 heavy (non-hydrogen) atoms. The van der Waals surface area contributed by atoms with Gasteiger partial charge in [0, 0.05) is 18.5 Å². The van der Waals surface area contributed by atoms with E-state index in [4.69, 9.17) is 0 Å². The van der Waals surface area contributed by atoms with Crippen LogP contribution < -0.4 is 5.32 Å². The van der Waals surface area contributed by atoms with Crippen LogP contribution in [0.5, 0.6) is 0 Å². The van der Waals surface area contributed by atoms with E-state index in [0.29, 0.717) is 29.8 Å². The number of nitrogens with one attached hydrogen (secondary N) is 1. The molecule has 2 aromatic rings. The third-order valence-electron chi connectivity index (χ3n) is 4.13. The lowest BCUT2D eigenvalue weighted by Crippen LogP contribution is -2.16. The molecule has 0 atom stereocenters. The molecular weight excluding hydrogens is 399 g/mol. The second-order valence-electron chi connectivity index (χ2n) is 6.18. The summed E-state index contributed by atoms with van der Waals surface area (Å²) >= 11 is 1.11. The number of amides is 1. The Morgan fingerprint density at radius 3 is 2.68 bits per heavy atom. The number of thioether (sulfide) groups is 1. The smallest absolute Gasteiger partial charge is 0.320 e. The summed E-state index contributed by atoms with van der Waals surface area (Å²) in [5, 5.41) is 22.1. The van der Waals surface area contributed by atoms with Crippen LogP contribution in [-0.2, 0) is 17.5 Å². The minimum Gasteiger partial charge on any atom is -0.320 e. The number of anilines is 1. The van der Waals surface area contributed by atoms with E-state index in [9.17, 15) is 28.1 Å². The highest BCUT2D eigenvalue weighted by atomic mass is 32.2. The van der Waals surface area contributed by atoms with Crippen LogP contribution in [0.25, 0.3) is 0 Å². The Hall–Kier alpha value is -2.63. The lowest BCUT2D eigenvalue weighted by molar-refractivity contribution is -0.384. The molecule has 1 heterocycles. The predicted molar refractivity (Wildman–Crippen MR) is 95.1 cm³/mol. The van der Waals surface area contributed by atoms with Crippen LogP contribution in [0.15, 0.2) is 23.4 Å². The van der Waals surface area contributed by atoms with E-state index in [2.05, 4.69) is 15.5 Å². The number of nitro groups is 1. The van der Waals surface area contributed by atoms with Gasteiger partial charge in [0.2, 0.25) is 5.91 Å². The summed E-state index contributed by atoms with van der Waals surface area (Å²) in [5.41, 5.74) is -2.27. The Kier molecular flexibility index (Phi) is 5.59. The van der Waals surface area contributed by atoms with Gasteiger partial charge in [0.05, 0.1) is 16.2 Å². The number of nitro benzene ring substituents is 1. The number of carbonyl (C=O) groups excluding carboxylic acids is 1. The summed E-state index contributed by atoms with van der Waals surface area (Å²) in [6.07, 6.45) is -2.60. The molecule has 1 N–H and O–H groups in total. The van der Waals surface area contributed by atoms with Crippen LogP contribution in [0.4, 0.5) is 24.5 Å². The number of rotatable bonds is 7. The highest BCUT2D eigenvalue weighted by Gasteiger charge is 2.33. The fourth-order valence-electron chi connectivity index (χ4n) is 2.63. The molecule has 1 amide bonds. The number of hydrogen-bond acceptors (Lipinski definition) is 6. The van der Waals surface area contributed by atoms with Gasteiger partial charge in [0.1, 0.15) is 11.5 Å². The first kappa shape index (κ1) is 20.1. The summed E-state index contributed by atoms with van der Waals surface area (Å²) in [6, 6.07) is 1.97. The highest BCUT2D eigenvalue weighted by molar-refractivity contribution is 7.99. The molecule has 0 unspecified atom stereocenters. The largest absolute Gasteiger partial charge is 0.416 e. The van der Waals surface area contributed by atoms with E-state index in [1.54, 1.807) is 0 Å². The summed E-state index contributed by atoms with van der Waals surface area (Å²) in [6.45, 7) is 2.58. The molecule has 1 aliphatic rings. The minimum absolute atomic E-state index is 0.110. The number of nitrogens with zero attached hydrogens (tertiary/aromatic N) is 4. The zero-order chi connectivity index (χ0) is 20.5. The first-order chi connectivity index (χ1) is 13.2. The van der Waals surface area contributed by atoms with E-state index in [0.717, 1.165) is 36.5 Å². The Bertz CT molecular complexity index is 911. The topological polar surface area (TPSA) is 103 Å². The van der Waals surface area contributed by atoms with Crippen molar-refractivity contribution in [3.8, 4) is 0 Å². The standard InChI is InChI=1S/C16H16F3N5O3S/c1-2-23-14(9-3-4-9)21-22-15(23)28-8-13(25)20-11-6-5-10(16(17,18)19)7-12(11)24(26)27/h5-7,9H,2-4,8H2,1H3,(H,20,25). The van der Waals surface area contributed by atoms with Gasteiger partial charge in [-0.1, -0.05) is 11.8 Å². The van der Waals surface area contributed by atoms with Crippen molar-refractivity contribution in [2.45, 2.75) is 43.6 Å². The maximum Gasteiger partial charge on any atom is 0.416 e. The zero-order valence-electron chi connectivity index (χ0n) is 14.7. The number of carbonyl (C=O) groups is 1. The molecule has 1 fully saturated rings. The lowest BCUT2D eigenvalue weighted by Gasteiger charge is -2.10. The Morgan fingerprint density at radius 2 is 2.11 bits per heavy atom. The fraction of sp³-hybridized carbons (Fsp3) is 0.438. The van der Waals surface area contributed by atoms with Crippen LogP contribution in [0.3, 0.4) is 0 Å². The summed E-state index contributed by atoms with van der Waals surface area (Å²) < 4.78 is 40.1. The van der Waals surface area contributed by atoms with Gasteiger partial charge >= 0.3 is 6.18 Å². The lowest BCUT2D eigenvalue weighted by atomic mass is 10.1. The molecule has 0 radical (unpaired) electrons. The zero-order valence-corrected chi connectivity index (χ0v) is 15.5. The molecule has 12 heteroatoms. The van der Waals surface area contributed by atoms with Crippen molar-refractivity contribution in [3.05, 3.63) is 39.7 Å². The van der Waals surface area contributed by atoms with Crippen molar-refractivity contribution in [1.82, 2.24) is 14.8 Å². The van der Waals surface area contributed by atoms with Crippen molar-refractivity contribution >= 4 is 29.0 Å². The van der Waals surface area contributed by atoms with Crippen LogP contribution in [0, 0.1) is 10.1 Å². The number of benzene rings is 1. The monoisotopic (exact) mass is 415 g/mol. The second kappa shape index (κ2) is 7.78. The van der Waals surface area contributed by atoms with Gasteiger partial charge in [0.25, 0.3) is 5.69 Å². The first-order valence-electron chi connectivity index (χ1n) is 8.42. The molecular formula is C16H16F3N5O3S. The van der Waals surface area contributed by atoms with Gasteiger partial charge in [-0.15, -0.1) is 10.2 Å². The van der Waals surface area contributed by atoms with Gasteiger partial charge in [0.15, 0.2) is 5.16 Å². The quantitative estimate of drug-likeness (QED) is 0.419. The van der Waals surface area contributed by atoms with E-state index in [-0.39, 0.29) is 11.4 Å². The van der Waals surface area contributed by atoms with Crippen LogP contribution in [0.2, 0.25) is 0 Å². The van der Waals surface area contributed by atoms with Crippen molar-refractivity contribution < 1.29 is 22.9 Å². The molecule has 0 aliphatic heterocycles. The first-order valence-corrected chi connectivity index (χ1v) is 9.40. The average molecular weight is 415 g/mol. The Morgan fingerprint density at radius 1 is 1.39 bits per heavy atom. The fourth-order valence-corrected chi connectivity index (χ4v) is 3.44. The van der Waals surface area contributed by atoms with E-state index in [1.165, 1.54) is 0 Å². The number of aromatic nitrogens is 3. The highest BCUT2D eigenvalue weighted by Crippen LogP contribution is 2.40. The average Bonchev–Trinajstić information content (AvgIpc) is 3.38. The van der Waals surface area contributed by atoms with E-state index in [1.807, 2.05) is 11.5 Å². The van der Waals surface area contributed by atoms with Crippen LogP contribution in [0.1, 0.15) is 37.1 Å². The van der Waals surface area contributed by atoms with Crippen molar-refractivity contribution in [1.29, 1.82) is 0 Å². The van der Waals surface area contributed by atoms with Crippen molar-refractivity contribution in [2.24, 2.45) is 0 Å². The molecule has 3 rings (SSSR count). The molecule has 1 aliphatic carbocycles. The van der Waals surface area contributed by atoms with Gasteiger partial charge in [-0.3, -0.25) is 14.9 Å². The maximum absolute atomic E-state index is 12.7. The second-order valence-corrected chi connectivity index (χ2v) is 7.13. The van der Waals surface area contributed by atoms with Gasteiger partial charge in [-0.25, -0.2) is 0 Å². The predicted octanol–water partition coefficient (Wildman–Crippen LogP) is 3.83. The summed E-state index contributed by atoms with van der Waals surface area (Å²) in [7, 11) is 0. The van der Waals surface area contributed by atoms with Crippen LogP contribution in [-0.4, -0.2) is 31.3 Å². The number of alkyl halides is 3. The molecule has 1 aromatic heterocycles. The molecule has 1 aromatic carbocycles. The molecule has 1 saturated carbocycles. The van der Waals surface area contributed by atoms with E-state index < -0.39 is 28.3 Å². The van der Waals surface area contributed by atoms with E-state index >= 15 is 0 Å². The molecule has 0 spiro atoms. The third kappa shape index (κ3) is 4.43. The van der Waals surface area contributed by atoms with Crippen molar-refractivity contribution in [3.63, 3.8) is 0 Å². The number of hydrogen-bond donors (Lipinski definition) is 1. The van der Waals surface area contributed by atoms with Crippen LogP contribution >= 0.6 is 11.8 Å². The summed E-state index contributed by atoms with van der Waals surface area (Å²) in [5.74, 6) is 0.571. The SMILES string of the molecule is CCn1c(SCC(=O)Nc2ccc(C(F)(F)F)cc2[N+](=O)[O-])nnc1C1CC1. The van der Waals surface area contributed by atoms with Gasteiger partial charge < -0.3 is 9.88 Å². The normalized spacial score (nSPS) is 14.1. The Balaban J connectivity index is 1.69. The minimum atomic E-state index is -4.72. The maximum atomic E-state index is 12.7. The van der Waals surface area contributed by atoms with Gasteiger partial charge in [-0.2, -0.15) is 13.2 Å².